The summed E-state index contributed by atoms with van der Waals surface area (Å²) in [4.78, 5) is 44.6. The SMILES string of the molecule is CNC(=O)c1cc(F)ccc1CNC(=O)c1nc2n(c(=O)c1OCc1ccccc1)CCN2C. The number of anilines is 1. The van der Waals surface area contributed by atoms with E-state index in [4.69, 9.17) is 4.74 Å². The first-order chi connectivity index (χ1) is 16.4. The molecule has 1 aromatic heterocycles. The fourth-order valence-electron chi connectivity index (χ4n) is 3.69. The predicted molar refractivity (Wildman–Crippen MR) is 124 cm³/mol. The van der Waals surface area contributed by atoms with E-state index in [1.165, 1.54) is 23.7 Å². The van der Waals surface area contributed by atoms with E-state index in [9.17, 15) is 18.8 Å². The number of likely N-dealkylation sites (N-methyl/N-ethyl adjacent to an activating group) is 1. The molecular formula is C24H24FN5O4. The summed E-state index contributed by atoms with van der Waals surface area (Å²) in [6.07, 6.45) is 0. The van der Waals surface area contributed by atoms with Crippen molar-refractivity contribution >= 4 is 17.8 Å². The molecule has 0 aliphatic carbocycles. The Kier molecular flexibility index (Phi) is 6.58. The Bertz CT molecular complexity index is 1290. The standard InChI is InChI=1S/C24H24FN5O4/c1-26-21(31)18-12-17(25)9-8-16(18)13-27-22(32)19-20(34-14-15-6-4-3-5-7-15)23(33)30-11-10-29(2)24(30)28-19/h3-9,12H,10-11,13-14H2,1-2H3,(H,26,31)(H,27,32). The van der Waals surface area contributed by atoms with E-state index in [-0.39, 0.29) is 30.2 Å². The van der Waals surface area contributed by atoms with E-state index in [1.807, 2.05) is 30.3 Å². The third-order valence-electron chi connectivity index (χ3n) is 5.53. The minimum Gasteiger partial charge on any atom is -0.481 e. The first-order valence-corrected chi connectivity index (χ1v) is 10.7. The van der Waals surface area contributed by atoms with E-state index >= 15 is 0 Å². The Labute approximate surface area is 195 Å². The number of nitrogens with one attached hydrogen (secondary N) is 2. The van der Waals surface area contributed by atoms with Gasteiger partial charge in [0.25, 0.3) is 17.4 Å². The lowest BCUT2D eigenvalue weighted by Crippen LogP contribution is -2.31. The average molecular weight is 465 g/mol. The lowest BCUT2D eigenvalue weighted by atomic mass is 10.1. The third kappa shape index (κ3) is 4.61. The minimum atomic E-state index is -0.643. The first-order valence-electron chi connectivity index (χ1n) is 10.7. The Balaban J connectivity index is 1.63. The Morgan fingerprint density at radius 3 is 2.62 bits per heavy atom. The van der Waals surface area contributed by atoms with Gasteiger partial charge in [0.05, 0.1) is 0 Å². The molecule has 0 unspecified atom stereocenters. The largest absolute Gasteiger partial charge is 0.481 e. The van der Waals surface area contributed by atoms with Gasteiger partial charge >= 0.3 is 0 Å². The number of carbonyl (C=O) groups is 2. The Morgan fingerprint density at radius 2 is 1.88 bits per heavy atom. The molecule has 0 fully saturated rings. The van der Waals surface area contributed by atoms with Gasteiger partial charge in [0, 0.05) is 39.3 Å². The molecule has 2 aromatic carbocycles. The van der Waals surface area contributed by atoms with Gasteiger partial charge in [-0.25, -0.2) is 9.37 Å². The highest BCUT2D eigenvalue weighted by atomic mass is 19.1. The van der Waals surface area contributed by atoms with E-state index in [0.29, 0.717) is 24.6 Å². The van der Waals surface area contributed by atoms with Crippen LogP contribution in [-0.4, -0.2) is 42.0 Å². The van der Waals surface area contributed by atoms with Crippen LogP contribution in [0.15, 0.2) is 53.3 Å². The van der Waals surface area contributed by atoms with Crippen molar-refractivity contribution in [1.29, 1.82) is 0 Å². The molecule has 1 aliphatic rings. The maximum Gasteiger partial charge on any atom is 0.298 e. The lowest BCUT2D eigenvalue weighted by molar-refractivity contribution is 0.0931. The number of ether oxygens (including phenoxy) is 1. The molecule has 3 aromatic rings. The smallest absolute Gasteiger partial charge is 0.298 e. The number of rotatable bonds is 7. The number of benzene rings is 2. The number of amides is 2. The van der Waals surface area contributed by atoms with Crippen LogP contribution < -0.4 is 25.8 Å². The van der Waals surface area contributed by atoms with Crippen molar-refractivity contribution in [2.75, 3.05) is 25.5 Å². The van der Waals surface area contributed by atoms with Crippen LogP contribution in [0.3, 0.4) is 0 Å². The lowest BCUT2D eigenvalue weighted by Gasteiger charge is -2.16. The molecule has 0 radical (unpaired) electrons. The summed E-state index contributed by atoms with van der Waals surface area (Å²) in [6, 6.07) is 13.0. The molecule has 2 N–H and O–H groups in total. The van der Waals surface area contributed by atoms with Gasteiger partial charge in [-0.3, -0.25) is 19.0 Å². The molecule has 2 amide bonds. The summed E-state index contributed by atoms with van der Waals surface area (Å²) in [5, 5.41) is 5.13. The molecule has 1 aliphatic heterocycles. The zero-order chi connectivity index (χ0) is 24.2. The summed E-state index contributed by atoms with van der Waals surface area (Å²) in [7, 11) is 3.22. The van der Waals surface area contributed by atoms with Gasteiger partial charge in [-0.1, -0.05) is 36.4 Å². The topological polar surface area (TPSA) is 106 Å². The fraction of sp³-hybridized carbons (Fsp3) is 0.250. The zero-order valence-corrected chi connectivity index (χ0v) is 18.8. The number of carbonyl (C=O) groups excluding carboxylic acids is 2. The monoisotopic (exact) mass is 465 g/mol. The van der Waals surface area contributed by atoms with Crippen LogP contribution in [0.4, 0.5) is 10.3 Å². The van der Waals surface area contributed by atoms with Crippen LogP contribution in [0.2, 0.25) is 0 Å². The Hall–Kier alpha value is -4.21. The fourth-order valence-corrected chi connectivity index (χ4v) is 3.69. The third-order valence-corrected chi connectivity index (χ3v) is 5.53. The van der Waals surface area contributed by atoms with Crippen molar-refractivity contribution in [3.63, 3.8) is 0 Å². The van der Waals surface area contributed by atoms with E-state index in [1.54, 1.807) is 11.9 Å². The molecule has 0 spiro atoms. The molecule has 2 heterocycles. The van der Waals surface area contributed by atoms with Gasteiger partial charge < -0.3 is 20.3 Å². The summed E-state index contributed by atoms with van der Waals surface area (Å²) in [5.74, 6) is -1.47. The van der Waals surface area contributed by atoms with Crippen LogP contribution in [0.25, 0.3) is 0 Å². The second-order valence-electron chi connectivity index (χ2n) is 7.81. The van der Waals surface area contributed by atoms with Gasteiger partial charge in [0.15, 0.2) is 5.69 Å². The number of aromatic nitrogens is 2. The van der Waals surface area contributed by atoms with Crippen LogP contribution in [-0.2, 0) is 19.7 Å². The van der Waals surface area contributed by atoms with Crippen LogP contribution in [0.5, 0.6) is 5.75 Å². The molecule has 0 saturated carbocycles. The second-order valence-corrected chi connectivity index (χ2v) is 7.81. The van der Waals surface area contributed by atoms with Gasteiger partial charge in [-0.2, -0.15) is 0 Å². The number of hydrogen-bond donors (Lipinski definition) is 2. The van der Waals surface area contributed by atoms with Crippen molar-refractivity contribution in [2.24, 2.45) is 0 Å². The number of halogens is 1. The highest BCUT2D eigenvalue weighted by Gasteiger charge is 2.28. The summed E-state index contributed by atoms with van der Waals surface area (Å²) >= 11 is 0. The highest BCUT2D eigenvalue weighted by molar-refractivity contribution is 5.97. The molecule has 0 bridgehead atoms. The van der Waals surface area contributed by atoms with Crippen molar-refractivity contribution in [3.8, 4) is 5.75 Å². The van der Waals surface area contributed by atoms with Crippen molar-refractivity contribution < 1.29 is 18.7 Å². The van der Waals surface area contributed by atoms with Gasteiger partial charge in [0.1, 0.15) is 12.4 Å². The molecule has 4 rings (SSSR count). The first kappa shape index (κ1) is 23.0. The van der Waals surface area contributed by atoms with Crippen LogP contribution >= 0.6 is 0 Å². The summed E-state index contributed by atoms with van der Waals surface area (Å²) < 4.78 is 20.9. The molecule has 0 atom stereocenters. The van der Waals surface area contributed by atoms with Gasteiger partial charge in [0.2, 0.25) is 11.7 Å². The van der Waals surface area contributed by atoms with Gasteiger partial charge in [-0.05, 0) is 23.3 Å². The van der Waals surface area contributed by atoms with E-state index in [0.717, 1.165) is 11.6 Å². The van der Waals surface area contributed by atoms with Crippen molar-refractivity contribution in [1.82, 2.24) is 20.2 Å². The molecule has 0 saturated heterocycles. The second kappa shape index (κ2) is 9.74. The van der Waals surface area contributed by atoms with Gasteiger partial charge in [-0.15, -0.1) is 0 Å². The van der Waals surface area contributed by atoms with Crippen molar-refractivity contribution in [2.45, 2.75) is 19.7 Å². The van der Waals surface area contributed by atoms with E-state index in [2.05, 4.69) is 15.6 Å². The number of fused-ring (bicyclic) bond motifs is 1. The van der Waals surface area contributed by atoms with Crippen LogP contribution in [0, 0.1) is 5.82 Å². The Morgan fingerprint density at radius 1 is 1.12 bits per heavy atom. The highest BCUT2D eigenvalue weighted by Crippen LogP contribution is 2.22. The molecule has 10 heteroatoms. The van der Waals surface area contributed by atoms with E-state index < -0.39 is 23.2 Å². The number of nitrogens with zero attached hydrogens (tertiary/aromatic N) is 3. The predicted octanol–water partition coefficient (Wildman–Crippen LogP) is 1.70. The number of hydrogen-bond acceptors (Lipinski definition) is 6. The maximum absolute atomic E-state index is 13.7. The normalized spacial score (nSPS) is 12.3. The van der Waals surface area contributed by atoms with Crippen molar-refractivity contribution in [3.05, 3.63) is 87.1 Å². The maximum atomic E-state index is 13.7. The quantitative estimate of drug-likeness (QED) is 0.550. The van der Waals surface area contributed by atoms with Crippen LogP contribution in [0.1, 0.15) is 32.0 Å². The molecule has 176 valence electrons. The molecule has 9 nitrogen and oxygen atoms in total. The molecular weight excluding hydrogens is 441 g/mol. The average Bonchev–Trinajstić information content (AvgIpc) is 3.23. The zero-order valence-electron chi connectivity index (χ0n) is 18.8. The molecule has 34 heavy (non-hydrogen) atoms. The summed E-state index contributed by atoms with van der Waals surface area (Å²) in [6.45, 7) is 1.03. The summed E-state index contributed by atoms with van der Waals surface area (Å²) in [5.41, 5.74) is 0.756. The minimum absolute atomic E-state index is 0.0735.